The molecule has 0 radical (unpaired) electrons. The maximum Gasteiger partial charge on any atom is 0.238 e. The van der Waals surface area contributed by atoms with Crippen molar-refractivity contribution in [2.24, 2.45) is 0 Å². The zero-order chi connectivity index (χ0) is 20.4. The van der Waals surface area contributed by atoms with Gasteiger partial charge in [0.1, 0.15) is 5.82 Å². The van der Waals surface area contributed by atoms with E-state index < -0.39 is 15.7 Å². The van der Waals surface area contributed by atoms with Gasteiger partial charge in [0.05, 0.1) is 4.90 Å². The van der Waals surface area contributed by atoms with Crippen LogP contribution in [0.25, 0.3) is 11.5 Å². The van der Waals surface area contributed by atoms with Gasteiger partial charge in [-0.05, 0) is 60.7 Å². The number of hydrogen-bond acceptors (Lipinski definition) is 5. The molecule has 5 nitrogen and oxygen atoms in total. The van der Waals surface area contributed by atoms with Crippen LogP contribution in [-0.4, -0.2) is 13.4 Å². The van der Waals surface area contributed by atoms with Gasteiger partial charge in [-0.3, -0.25) is 0 Å². The van der Waals surface area contributed by atoms with Crippen molar-refractivity contribution in [2.45, 2.75) is 9.92 Å². The van der Waals surface area contributed by atoms with E-state index in [2.05, 4.69) is 10.3 Å². The van der Waals surface area contributed by atoms with Crippen molar-refractivity contribution in [3.8, 4) is 11.5 Å². The molecule has 0 unspecified atom stereocenters. The molecule has 1 N–H and O–H groups in total. The van der Waals surface area contributed by atoms with Gasteiger partial charge in [-0.15, -0.1) is 0 Å². The third-order valence-corrected chi connectivity index (χ3v) is 6.03. The summed E-state index contributed by atoms with van der Waals surface area (Å²) in [6.45, 7) is 0. The Kier molecular flexibility index (Phi) is 5.08. The number of aromatic nitrogens is 1. The summed E-state index contributed by atoms with van der Waals surface area (Å²) in [6.07, 6.45) is 0. The van der Waals surface area contributed by atoms with Crippen LogP contribution in [0.1, 0.15) is 0 Å². The maximum absolute atomic E-state index is 13.2. The molecule has 0 atom stereocenters. The predicted octanol–water partition coefficient (Wildman–Crippen LogP) is 5.71. The summed E-state index contributed by atoms with van der Waals surface area (Å²) < 4.78 is 45.3. The highest BCUT2D eigenvalue weighted by molar-refractivity contribution is 7.91. The molecule has 8 heteroatoms. The lowest BCUT2D eigenvalue weighted by molar-refractivity contribution is 0.581. The molecule has 4 aromatic rings. The molecule has 0 aliphatic carbocycles. The van der Waals surface area contributed by atoms with Crippen LogP contribution in [0, 0.1) is 5.82 Å². The van der Waals surface area contributed by atoms with Crippen molar-refractivity contribution in [1.29, 1.82) is 0 Å². The first kappa shape index (κ1) is 19.2. The van der Waals surface area contributed by atoms with Crippen LogP contribution in [0.3, 0.4) is 0 Å². The van der Waals surface area contributed by atoms with Crippen LogP contribution in [0.5, 0.6) is 0 Å². The number of oxazole rings is 1. The van der Waals surface area contributed by atoms with Crippen molar-refractivity contribution in [3.63, 3.8) is 0 Å². The normalized spacial score (nSPS) is 11.4. The van der Waals surface area contributed by atoms with Gasteiger partial charge >= 0.3 is 0 Å². The Morgan fingerprint density at radius 1 is 0.897 bits per heavy atom. The third kappa shape index (κ3) is 4.01. The number of nitrogens with one attached hydrogen (secondary N) is 1. The molecular formula is C21H14ClFN2O3S. The minimum Gasteiger partial charge on any atom is -0.419 e. The summed E-state index contributed by atoms with van der Waals surface area (Å²) >= 11 is 5.92. The van der Waals surface area contributed by atoms with Crippen LogP contribution < -0.4 is 5.32 Å². The van der Waals surface area contributed by atoms with E-state index in [0.29, 0.717) is 16.3 Å². The molecule has 29 heavy (non-hydrogen) atoms. The Balaban J connectivity index is 1.83. The number of hydrogen-bond donors (Lipinski definition) is 1. The van der Waals surface area contributed by atoms with E-state index in [-0.39, 0.29) is 21.7 Å². The lowest BCUT2D eigenvalue weighted by Crippen LogP contribution is -2.05. The molecule has 1 heterocycles. The Labute approximate surface area is 171 Å². The van der Waals surface area contributed by atoms with E-state index in [4.69, 9.17) is 16.0 Å². The zero-order valence-electron chi connectivity index (χ0n) is 14.8. The fourth-order valence-electron chi connectivity index (χ4n) is 2.66. The fraction of sp³-hybridized carbons (Fsp3) is 0. The summed E-state index contributed by atoms with van der Waals surface area (Å²) in [7, 11) is -3.96. The highest BCUT2D eigenvalue weighted by Gasteiger charge is 2.28. The second kappa shape index (κ2) is 7.69. The average molecular weight is 429 g/mol. The number of benzene rings is 3. The lowest BCUT2D eigenvalue weighted by atomic mass is 10.2. The SMILES string of the molecule is O=S(=O)(c1ccccc1)c1nc(-c2ccc(Cl)cc2)oc1Nc1ccc(F)cc1. The second-order valence-electron chi connectivity index (χ2n) is 6.11. The molecule has 146 valence electrons. The summed E-state index contributed by atoms with van der Waals surface area (Å²) in [6, 6.07) is 20.0. The van der Waals surface area contributed by atoms with Crippen LogP contribution in [0.2, 0.25) is 5.02 Å². The quantitative estimate of drug-likeness (QED) is 0.440. The maximum atomic E-state index is 13.2. The lowest BCUT2D eigenvalue weighted by Gasteiger charge is -2.06. The topological polar surface area (TPSA) is 72.2 Å². The van der Waals surface area contributed by atoms with Gasteiger partial charge in [0.25, 0.3) is 0 Å². The molecule has 0 amide bonds. The smallest absolute Gasteiger partial charge is 0.238 e. The van der Waals surface area contributed by atoms with Gasteiger partial charge in [-0.2, -0.15) is 4.98 Å². The molecule has 0 saturated carbocycles. The molecule has 0 bridgehead atoms. The van der Waals surface area contributed by atoms with Crippen LogP contribution in [-0.2, 0) is 9.84 Å². The number of anilines is 2. The Bertz CT molecular complexity index is 1240. The minimum absolute atomic E-state index is 0.0644. The third-order valence-electron chi connectivity index (χ3n) is 4.10. The second-order valence-corrected chi connectivity index (χ2v) is 8.41. The van der Waals surface area contributed by atoms with Crippen LogP contribution in [0.15, 0.2) is 93.2 Å². The summed E-state index contributed by atoms with van der Waals surface area (Å²) in [5.74, 6) is -0.363. The number of sulfone groups is 1. The van der Waals surface area contributed by atoms with E-state index in [1.165, 1.54) is 36.4 Å². The summed E-state index contributed by atoms with van der Waals surface area (Å²) in [5.41, 5.74) is 1.01. The van der Waals surface area contributed by atoms with E-state index in [1.807, 2.05) is 0 Å². The molecule has 0 fully saturated rings. The molecule has 0 aliphatic rings. The Morgan fingerprint density at radius 2 is 1.55 bits per heavy atom. The van der Waals surface area contributed by atoms with E-state index in [0.717, 1.165) is 0 Å². The molecule has 1 aromatic heterocycles. The molecule has 4 rings (SSSR count). The van der Waals surface area contributed by atoms with Crippen molar-refractivity contribution >= 4 is 33.0 Å². The largest absolute Gasteiger partial charge is 0.419 e. The molecular weight excluding hydrogens is 415 g/mol. The van der Waals surface area contributed by atoms with Crippen molar-refractivity contribution in [1.82, 2.24) is 4.98 Å². The van der Waals surface area contributed by atoms with Crippen molar-refractivity contribution in [2.75, 3.05) is 5.32 Å². The molecule has 0 spiro atoms. The molecule has 0 saturated heterocycles. The number of rotatable bonds is 5. The summed E-state index contributed by atoms with van der Waals surface area (Å²) in [4.78, 5) is 4.32. The average Bonchev–Trinajstić information content (AvgIpc) is 3.15. The van der Waals surface area contributed by atoms with Gasteiger partial charge in [-0.1, -0.05) is 29.8 Å². The summed E-state index contributed by atoms with van der Waals surface area (Å²) in [5, 5.41) is 3.14. The van der Waals surface area contributed by atoms with E-state index >= 15 is 0 Å². The zero-order valence-corrected chi connectivity index (χ0v) is 16.4. The van der Waals surface area contributed by atoms with Crippen LogP contribution >= 0.6 is 11.6 Å². The predicted molar refractivity (Wildman–Crippen MR) is 109 cm³/mol. The Hall–Kier alpha value is -3.16. The first-order valence-corrected chi connectivity index (χ1v) is 10.4. The van der Waals surface area contributed by atoms with Crippen LogP contribution in [0.4, 0.5) is 16.0 Å². The minimum atomic E-state index is -3.96. The number of halogens is 2. The standard InChI is InChI=1S/C21H14ClFN2O3S/c22-15-8-6-14(7-9-15)19-25-21(29(26,27)18-4-2-1-3-5-18)20(28-19)24-17-12-10-16(23)11-13-17/h1-13,24H. The van der Waals surface area contributed by atoms with Gasteiger partial charge in [0.15, 0.2) is 0 Å². The van der Waals surface area contributed by atoms with Gasteiger partial charge in [0.2, 0.25) is 26.6 Å². The monoisotopic (exact) mass is 428 g/mol. The van der Waals surface area contributed by atoms with E-state index in [1.54, 1.807) is 42.5 Å². The van der Waals surface area contributed by atoms with Gasteiger partial charge < -0.3 is 9.73 Å². The van der Waals surface area contributed by atoms with E-state index in [9.17, 15) is 12.8 Å². The molecule has 3 aromatic carbocycles. The highest BCUT2D eigenvalue weighted by Crippen LogP contribution is 2.34. The van der Waals surface area contributed by atoms with Gasteiger partial charge in [0, 0.05) is 16.3 Å². The highest BCUT2D eigenvalue weighted by atomic mass is 35.5. The van der Waals surface area contributed by atoms with Crippen molar-refractivity contribution in [3.05, 3.63) is 89.7 Å². The number of nitrogens with zero attached hydrogens (tertiary/aromatic N) is 1. The first-order valence-electron chi connectivity index (χ1n) is 8.53. The molecule has 0 aliphatic heterocycles. The van der Waals surface area contributed by atoms with Gasteiger partial charge in [-0.25, -0.2) is 12.8 Å². The van der Waals surface area contributed by atoms with Crippen molar-refractivity contribution < 1.29 is 17.2 Å². The Morgan fingerprint density at radius 3 is 2.21 bits per heavy atom. The fourth-order valence-corrected chi connectivity index (χ4v) is 4.06. The first-order chi connectivity index (χ1) is 13.9.